The van der Waals surface area contributed by atoms with Gasteiger partial charge in [0.2, 0.25) is 0 Å². The molecule has 72 valence electrons. The van der Waals surface area contributed by atoms with Crippen molar-refractivity contribution in [2.75, 3.05) is 0 Å². The normalized spacial score (nSPS) is 6.08. The number of benzene rings is 1. The van der Waals surface area contributed by atoms with Crippen LogP contribution >= 0.6 is 37.2 Å². The Morgan fingerprint density at radius 3 is 1.58 bits per heavy atom. The first-order valence-corrected chi connectivity index (χ1v) is 2.67. The molecule has 0 amide bonds. The Labute approximate surface area is 93.9 Å². The molecule has 0 saturated heterocycles. The van der Waals surface area contributed by atoms with Crippen LogP contribution in [0.25, 0.3) is 0 Å². The van der Waals surface area contributed by atoms with Crippen LogP contribution in [-0.2, 0) is 6.54 Å². The molecule has 5 heteroatoms. The quantitative estimate of drug-likeness (QED) is 0.722. The van der Waals surface area contributed by atoms with Gasteiger partial charge in [-0.05, 0) is 5.56 Å². The third kappa shape index (κ3) is 8.21. The van der Waals surface area contributed by atoms with E-state index < -0.39 is 0 Å². The summed E-state index contributed by atoms with van der Waals surface area (Å²) in [6, 6.07) is 9.99. The van der Waals surface area contributed by atoms with Gasteiger partial charge in [0.05, 0.1) is 8.41 Å². The van der Waals surface area contributed by atoms with Crippen molar-refractivity contribution < 1.29 is 0 Å². The average molecular weight is 230 g/mol. The number of nitrogens with two attached hydrogens (primary N) is 1. The minimum Gasteiger partial charge on any atom is -0.326 e. The molecule has 12 heavy (non-hydrogen) atoms. The lowest BCUT2D eigenvalue weighted by molar-refractivity contribution is 1.07. The summed E-state index contributed by atoms with van der Waals surface area (Å²) in [6.07, 6.45) is 0. The van der Waals surface area contributed by atoms with Gasteiger partial charge in [0.1, 0.15) is 0 Å². The molecule has 2 N–H and O–H groups in total. The zero-order valence-electron chi connectivity index (χ0n) is 5.90. The Morgan fingerprint density at radius 2 is 1.33 bits per heavy atom. The van der Waals surface area contributed by atoms with E-state index in [0.717, 1.165) is 0 Å². The minimum absolute atomic E-state index is 0. The largest absolute Gasteiger partial charge is 0.326 e. The SMILES string of the molecule is B.Cl.Cl.Cl.NCc1ccccc1. The van der Waals surface area contributed by atoms with Gasteiger partial charge in [0.25, 0.3) is 0 Å². The summed E-state index contributed by atoms with van der Waals surface area (Å²) in [4.78, 5) is 0. The topological polar surface area (TPSA) is 26.0 Å². The molecule has 0 aliphatic heterocycles. The highest BCUT2D eigenvalue weighted by atomic mass is 35.5. The summed E-state index contributed by atoms with van der Waals surface area (Å²) in [5.74, 6) is 0. The van der Waals surface area contributed by atoms with Crippen LogP contribution in [0.1, 0.15) is 5.56 Å². The molecular formula is C7H15BCl3N. The number of halogens is 3. The molecule has 1 aromatic carbocycles. The fraction of sp³-hybridized carbons (Fsp3) is 0.143. The standard InChI is InChI=1S/C7H9N.BH3.3ClH/c8-6-7-4-2-1-3-5-7;;;;/h1-5H,6,8H2;1H3;3*1H. The molecule has 1 aromatic rings. The van der Waals surface area contributed by atoms with Crippen molar-refractivity contribution in [1.29, 1.82) is 0 Å². The van der Waals surface area contributed by atoms with E-state index in [4.69, 9.17) is 5.73 Å². The average Bonchev–Trinajstić information content (AvgIpc) is 1.90. The summed E-state index contributed by atoms with van der Waals surface area (Å²) in [7, 11) is 0. The van der Waals surface area contributed by atoms with Crippen molar-refractivity contribution in [3.05, 3.63) is 35.9 Å². The monoisotopic (exact) mass is 229 g/mol. The van der Waals surface area contributed by atoms with Crippen LogP contribution in [0.3, 0.4) is 0 Å². The molecule has 0 spiro atoms. The van der Waals surface area contributed by atoms with E-state index in [9.17, 15) is 0 Å². The second-order valence-electron chi connectivity index (χ2n) is 1.69. The molecular weight excluding hydrogens is 215 g/mol. The first kappa shape index (κ1) is 22.7. The number of hydrogen-bond donors (Lipinski definition) is 1. The zero-order chi connectivity index (χ0) is 5.82. The van der Waals surface area contributed by atoms with E-state index >= 15 is 0 Å². The lowest BCUT2D eigenvalue weighted by Crippen LogP contribution is -1.94. The molecule has 0 unspecified atom stereocenters. The maximum absolute atomic E-state index is 5.35. The molecule has 0 aliphatic rings. The van der Waals surface area contributed by atoms with Gasteiger partial charge in [-0.3, -0.25) is 0 Å². The van der Waals surface area contributed by atoms with E-state index in [1.54, 1.807) is 0 Å². The van der Waals surface area contributed by atoms with Crippen molar-refractivity contribution in [3.8, 4) is 0 Å². The van der Waals surface area contributed by atoms with Gasteiger partial charge < -0.3 is 5.73 Å². The Bertz CT molecular complexity index is 160. The Kier molecular flexibility index (Phi) is 25.9. The van der Waals surface area contributed by atoms with Crippen LogP contribution in [0, 0.1) is 0 Å². The maximum Gasteiger partial charge on any atom is 0.0814 e. The molecule has 0 atom stereocenters. The molecule has 0 fully saturated rings. The fourth-order valence-corrected chi connectivity index (χ4v) is 0.614. The highest BCUT2D eigenvalue weighted by molar-refractivity contribution is 5.86. The number of hydrogen-bond acceptors (Lipinski definition) is 1. The van der Waals surface area contributed by atoms with Crippen LogP contribution < -0.4 is 5.73 Å². The molecule has 0 aromatic heterocycles. The van der Waals surface area contributed by atoms with Gasteiger partial charge in [0.15, 0.2) is 0 Å². The van der Waals surface area contributed by atoms with Gasteiger partial charge in [0, 0.05) is 6.54 Å². The summed E-state index contributed by atoms with van der Waals surface area (Å²) < 4.78 is 0. The lowest BCUT2D eigenvalue weighted by Gasteiger charge is -1.90. The van der Waals surface area contributed by atoms with E-state index in [1.807, 2.05) is 30.3 Å². The third-order valence-electron chi connectivity index (χ3n) is 1.08. The van der Waals surface area contributed by atoms with Crippen LogP contribution in [0.15, 0.2) is 30.3 Å². The van der Waals surface area contributed by atoms with Crippen LogP contribution in [0.4, 0.5) is 0 Å². The van der Waals surface area contributed by atoms with Crippen molar-refractivity contribution in [2.24, 2.45) is 5.73 Å². The Morgan fingerprint density at radius 1 is 0.917 bits per heavy atom. The van der Waals surface area contributed by atoms with Crippen LogP contribution in [0.2, 0.25) is 0 Å². The number of rotatable bonds is 1. The van der Waals surface area contributed by atoms with Crippen molar-refractivity contribution in [3.63, 3.8) is 0 Å². The lowest BCUT2D eigenvalue weighted by atomic mass is 10.2. The second kappa shape index (κ2) is 13.7. The summed E-state index contributed by atoms with van der Waals surface area (Å²) in [5, 5.41) is 0. The fourth-order valence-electron chi connectivity index (χ4n) is 0.614. The zero-order valence-corrected chi connectivity index (χ0v) is 8.35. The summed E-state index contributed by atoms with van der Waals surface area (Å²) in [5.41, 5.74) is 6.54. The van der Waals surface area contributed by atoms with Crippen molar-refractivity contribution in [2.45, 2.75) is 6.54 Å². The molecule has 0 saturated carbocycles. The first-order valence-electron chi connectivity index (χ1n) is 2.67. The highest BCUT2D eigenvalue weighted by Gasteiger charge is 1.80. The Balaban J connectivity index is -0.0000000800. The van der Waals surface area contributed by atoms with Crippen molar-refractivity contribution >= 4 is 45.6 Å². The summed E-state index contributed by atoms with van der Waals surface area (Å²) >= 11 is 0. The minimum atomic E-state index is 0. The van der Waals surface area contributed by atoms with E-state index in [2.05, 4.69) is 0 Å². The van der Waals surface area contributed by atoms with E-state index in [-0.39, 0.29) is 45.6 Å². The highest BCUT2D eigenvalue weighted by Crippen LogP contribution is 1.94. The second-order valence-corrected chi connectivity index (χ2v) is 1.69. The third-order valence-corrected chi connectivity index (χ3v) is 1.08. The summed E-state index contributed by atoms with van der Waals surface area (Å²) in [6.45, 7) is 0.640. The van der Waals surface area contributed by atoms with Gasteiger partial charge >= 0.3 is 0 Å². The first-order chi connectivity index (χ1) is 3.93. The van der Waals surface area contributed by atoms with Crippen LogP contribution in [-0.4, -0.2) is 8.41 Å². The predicted octanol–water partition coefficient (Wildman–Crippen LogP) is 1.23. The van der Waals surface area contributed by atoms with Gasteiger partial charge in [-0.25, -0.2) is 0 Å². The smallest absolute Gasteiger partial charge is 0.0814 e. The van der Waals surface area contributed by atoms with Crippen molar-refractivity contribution in [1.82, 2.24) is 0 Å². The predicted molar refractivity (Wildman–Crippen MR) is 66.0 cm³/mol. The molecule has 1 rings (SSSR count). The van der Waals surface area contributed by atoms with E-state index in [1.165, 1.54) is 5.56 Å². The Hall–Kier alpha value is 0.115. The molecule has 0 aliphatic carbocycles. The molecule has 1 nitrogen and oxygen atoms in total. The maximum atomic E-state index is 5.35. The van der Waals surface area contributed by atoms with Gasteiger partial charge in [-0.1, -0.05) is 30.3 Å². The van der Waals surface area contributed by atoms with Gasteiger partial charge in [-0.15, -0.1) is 37.2 Å². The molecule has 0 radical (unpaired) electrons. The molecule has 0 heterocycles. The van der Waals surface area contributed by atoms with Gasteiger partial charge in [-0.2, -0.15) is 0 Å². The van der Waals surface area contributed by atoms with Crippen LogP contribution in [0.5, 0.6) is 0 Å². The van der Waals surface area contributed by atoms with E-state index in [0.29, 0.717) is 6.54 Å². The molecule has 0 bridgehead atoms.